The van der Waals surface area contributed by atoms with Crippen molar-refractivity contribution in [2.45, 2.75) is 43.7 Å². The lowest BCUT2D eigenvalue weighted by molar-refractivity contribution is -0.141. The Kier molecular flexibility index (Phi) is 6.90. The smallest absolute Gasteiger partial charge is 0.256 e. The number of rotatable bonds is 6. The third kappa shape index (κ3) is 4.89. The van der Waals surface area contributed by atoms with Crippen LogP contribution in [0.15, 0.2) is 71.7 Å². The molecule has 6 rings (SSSR count). The van der Waals surface area contributed by atoms with Crippen LogP contribution in [0, 0.1) is 0 Å². The number of ether oxygens (including phenoxy) is 1. The minimum absolute atomic E-state index is 0.0980. The van der Waals surface area contributed by atoms with E-state index >= 15 is 0 Å². The molecule has 0 spiro atoms. The Morgan fingerprint density at radius 3 is 2.70 bits per heavy atom. The molecular formula is C31H29ClN4O4. The molecule has 204 valence electrons. The lowest BCUT2D eigenvalue weighted by Gasteiger charge is -2.24. The van der Waals surface area contributed by atoms with Gasteiger partial charge >= 0.3 is 0 Å². The summed E-state index contributed by atoms with van der Waals surface area (Å²) in [5, 5.41) is 11.2. The van der Waals surface area contributed by atoms with E-state index in [9.17, 15) is 14.7 Å². The summed E-state index contributed by atoms with van der Waals surface area (Å²) in [5.41, 5.74) is 4.15. The summed E-state index contributed by atoms with van der Waals surface area (Å²) >= 11 is 6.05. The van der Waals surface area contributed by atoms with E-state index in [4.69, 9.17) is 21.3 Å². The van der Waals surface area contributed by atoms with Gasteiger partial charge in [-0.1, -0.05) is 48.0 Å². The maximum atomic E-state index is 13.4. The highest BCUT2D eigenvalue weighted by molar-refractivity contribution is 6.30. The van der Waals surface area contributed by atoms with Gasteiger partial charge in [-0.05, 0) is 66.1 Å². The van der Waals surface area contributed by atoms with Crippen LogP contribution >= 0.6 is 11.6 Å². The van der Waals surface area contributed by atoms with Crippen molar-refractivity contribution in [2.24, 2.45) is 0 Å². The van der Waals surface area contributed by atoms with Crippen molar-refractivity contribution in [3.05, 3.63) is 110 Å². The van der Waals surface area contributed by atoms with E-state index in [-0.39, 0.29) is 17.5 Å². The standard InChI is InChI=1S/C31H29ClN4O4/c1-40-26-17-20(10-13-33-26)19-5-2-7-22(15-19)31(11-12-31)30-34-25-9-4-14-36(18-24(25)28(38)35-30)29(39)27(37)21-6-3-8-23(32)16-21/h2-3,5-8,10,13,15-17,27,37H,4,9,11-12,14,18H2,1H3,(H,34,35,38). The van der Waals surface area contributed by atoms with Crippen LogP contribution in [-0.2, 0) is 23.2 Å². The molecule has 3 heterocycles. The number of fused-ring (bicyclic) bond motifs is 1. The third-order valence-electron chi connectivity index (χ3n) is 7.90. The number of carbonyl (C=O) groups excluding carboxylic acids is 1. The van der Waals surface area contributed by atoms with Crippen LogP contribution in [0.3, 0.4) is 0 Å². The van der Waals surface area contributed by atoms with E-state index in [1.165, 1.54) is 4.90 Å². The molecule has 1 fully saturated rings. The molecule has 1 atom stereocenters. The van der Waals surface area contributed by atoms with Crippen molar-refractivity contribution in [3.8, 4) is 17.0 Å². The molecule has 1 aliphatic carbocycles. The second kappa shape index (κ2) is 10.5. The first-order valence-corrected chi connectivity index (χ1v) is 13.7. The molecule has 9 heteroatoms. The number of aliphatic hydroxyl groups is 1. The Balaban J connectivity index is 1.28. The number of halogens is 1. The Bertz CT molecular complexity index is 1650. The van der Waals surface area contributed by atoms with Gasteiger partial charge in [0.25, 0.3) is 11.5 Å². The molecule has 0 saturated heterocycles. The number of carbonyl (C=O) groups is 1. The zero-order chi connectivity index (χ0) is 27.9. The van der Waals surface area contributed by atoms with Crippen molar-refractivity contribution in [1.82, 2.24) is 19.9 Å². The van der Waals surface area contributed by atoms with Crippen LogP contribution in [0.25, 0.3) is 11.1 Å². The van der Waals surface area contributed by atoms with E-state index in [2.05, 4.69) is 22.1 Å². The number of aromatic amines is 1. The van der Waals surface area contributed by atoms with Crippen molar-refractivity contribution in [2.75, 3.05) is 13.7 Å². The molecule has 2 aromatic heterocycles. The van der Waals surface area contributed by atoms with Gasteiger partial charge in [-0.25, -0.2) is 9.97 Å². The van der Waals surface area contributed by atoms with E-state index in [1.54, 1.807) is 37.6 Å². The summed E-state index contributed by atoms with van der Waals surface area (Å²) in [4.78, 5) is 40.4. The molecular weight excluding hydrogens is 528 g/mol. The van der Waals surface area contributed by atoms with Gasteiger partial charge in [-0.3, -0.25) is 9.59 Å². The first kappa shape index (κ1) is 26.2. The monoisotopic (exact) mass is 556 g/mol. The molecule has 2 N–H and O–H groups in total. The Morgan fingerprint density at radius 2 is 1.93 bits per heavy atom. The van der Waals surface area contributed by atoms with Gasteiger partial charge in [-0.15, -0.1) is 0 Å². The largest absolute Gasteiger partial charge is 0.481 e. The predicted molar refractivity (Wildman–Crippen MR) is 151 cm³/mol. The maximum Gasteiger partial charge on any atom is 0.256 e. The Labute approximate surface area is 236 Å². The molecule has 0 radical (unpaired) electrons. The number of hydrogen-bond donors (Lipinski definition) is 2. The zero-order valence-electron chi connectivity index (χ0n) is 22.1. The van der Waals surface area contributed by atoms with Crippen LogP contribution in [0.5, 0.6) is 5.88 Å². The quantitative estimate of drug-likeness (QED) is 0.360. The van der Waals surface area contributed by atoms with Crippen LogP contribution in [0.1, 0.15) is 53.6 Å². The van der Waals surface area contributed by atoms with Crippen LogP contribution in [-0.4, -0.2) is 44.5 Å². The Morgan fingerprint density at radius 1 is 1.12 bits per heavy atom. The fourth-order valence-electron chi connectivity index (χ4n) is 5.51. The van der Waals surface area contributed by atoms with Crippen molar-refractivity contribution < 1.29 is 14.6 Å². The number of H-pyrrole nitrogens is 1. The maximum absolute atomic E-state index is 13.4. The first-order chi connectivity index (χ1) is 19.4. The summed E-state index contributed by atoms with van der Waals surface area (Å²) in [6, 6.07) is 18.8. The molecule has 8 nitrogen and oxygen atoms in total. The molecule has 1 amide bonds. The average Bonchev–Trinajstić information content (AvgIpc) is 3.81. The molecule has 1 aliphatic heterocycles. The van der Waals surface area contributed by atoms with E-state index in [0.29, 0.717) is 52.9 Å². The molecule has 2 aromatic carbocycles. The molecule has 4 aromatic rings. The van der Waals surface area contributed by atoms with Crippen molar-refractivity contribution in [1.29, 1.82) is 0 Å². The number of nitrogens with zero attached hydrogens (tertiary/aromatic N) is 3. The fourth-order valence-corrected chi connectivity index (χ4v) is 5.71. The number of hydrogen-bond acceptors (Lipinski definition) is 6. The average molecular weight is 557 g/mol. The van der Waals surface area contributed by atoms with Gasteiger partial charge in [0, 0.05) is 23.8 Å². The number of amides is 1. The summed E-state index contributed by atoms with van der Waals surface area (Å²) in [6.45, 7) is 0.519. The lowest BCUT2D eigenvalue weighted by atomic mass is 9.91. The van der Waals surface area contributed by atoms with E-state index in [1.807, 2.05) is 24.3 Å². The van der Waals surface area contributed by atoms with Crippen LogP contribution in [0.2, 0.25) is 5.02 Å². The minimum Gasteiger partial charge on any atom is -0.481 e. The molecule has 0 bridgehead atoms. The number of methoxy groups -OCH3 is 1. The fraction of sp³-hybridized carbons (Fsp3) is 0.290. The SMILES string of the molecule is COc1cc(-c2cccc(C3(c4nc5c(c(=O)[nH]4)CN(C(=O)C(O)c4cccc(Cl)c4)CCC5)CC3)c2)ccn1. The molecule has 1 unspecified atom stereocenters. The van der Waals surface area contributed by atoms with Crippen LogP contribution < -0.4 is 10.3 Å². The number of aromatic nitrogens is 3. The first-order valence-electron chi connectivity index (χ1n) is 13.3. The van der Waals surface area contributed by atoms with E-state index < -0.39 is 12.0 Å². The van der Waals surface area contributed by atoms with Gasteiger partial charge in [-0.2, -0.15) is 0 Å². The van der Waals surface area contributed by atoms with E-state index in [0.717, 1.165) is 29.5 Å². The third-order valence-corrected chi connectivity index (χ3v) is 8.13. The van der Waals surface area contributed by atoms with Gasteiger partial charge in [0.2, 0.25) is 5.88 Å². The minimum atomic E-state index is -1.35. The highest BCUT2D eigenvalue weighted by Gasteiger charge is 2.49. The van der Waals surface area contributed by atoms with Crippen molar-refractivity contribution >= 4 is 17.5 Å². The topological polar surface area (TPSA) is 108 Å². The van der Waals surface area contributed by atoms with Gasteiger partial charge in [0.05, 0.1) is 30.3 Å². The molecule has 40 heavy (non-hydrogen) atoms. The number of pyridine rings is 1. The summed E-state index contributed by atoms with van der Waals surface area (Å²) in [5.74, 6) is 0.759. The molecule has 1 saturated carbocycles. The van der Waals surface area contributed by atoms with Crippen LogP contribution in [0.4, 0.5) is 0 Å². The second-order valence-electron chi connectivity index (χ2n) is 10.4. The molecule has 2 aliphatic rings. The summed E-state index contributed by atoms with van der Waals surface area (Å²) in [6.07, 6.45) is 3.36. The summed E-state index contributed by atoms with van der Waals surface area (Å²) < 4.78 is 5.29. The summed E-state index contributed by atoms with van der Waals surface area (Å²) in [7, 11) is 1.60. The number of aryl methyl sites for hydroxylation is 1. The lowest BCUT2D eigenvalue weighted by Crippen LogP contribution is -2.36. The highest BCUT2D eigenvalue weighted by Crippen LogP contribution is 2.52. The van der Waals surface area contributed by atoms with Gasteiger partial charge in [0.15, 0.2) is 6.10 Å². The zero-order valence-corrected chi connectivity index (χ0v) is 22.8. The number of nitrogens with one attached hydrogen (secondary N) is 1. The number of aliphatic hydroxyl groups excluding tert-OH is 1. The second-order valence-corrected chi connectivity index (χ2v) is 10.8. The predicted octanol–water partition coefficient (Wildman–Crippen LogP) is 4.58. The highest BCUT2D eigenvalue weighted by atomic mass is 35.5. The van der Waals surface area contributed by atoms with Gasteiger partial charge < -0.3 is 19.7 Å². The number of benzene rings is 2. The Hall–Kier alpha value is -4.01. The normalized spacial score (nSPS) is 16.5. The van der Waals surface area contributed by atoms with Gasteiger partial charge in [0.1, 0.15) is 5.82 Å². The van der Waals surface area contributed by atoms with Crippen molar-refractivity contribution in [3.63, 3.8) is 0 Å².